The van der Waals surface area contributed by atoms with Crippen molar-refractivity contribution in [3.63, 3.8) is 0 Å². The molecule has 0 aliphatic carbocycles. The number of carbonyl (C=O) groups excluding carboxylic acids is 1. The summed E-state index contributed by atoms with van der Waals surface area (Å²) < 4.78 is 4.52. The number of esters is 1. The second-order valence-electron chi connectivity index (χ2n) is 3.72. The zero-order valence-electron chi connectivity index (χ0n) is 9.48. The van der Waals surface area contributed by atoms with Crippen molar-refractivity contribution in [3.8, 4) is 0 Å². The van der Waals surface area contributed by atoms with Crippen molar-refractivity contribution >= 4 is 5.97 Å². The number of aliphatic hydroxyl groups excluding tert-OH is 4. The van der Waals surface area contributed by atoms with Gasteiger partial charge in [0.15, 0.2) is 5.60 Å². The predicted octanol–water partition coefficient (Wildman–Crippen LogP) is -2.46. The van der Waals surface area contributed by atoms with Gasteiger partial charge in [0.1, 0.15) is 24.9 Å². The van der Waals surface area contributed by atoms with Gasteiger partial charge in [-0.15, -0.1) is 0 Å². The van der Waals surface area contributed by atoms with E-state index in [0.29, 0.717) is 0 Å². The molecule has 0 spiro atoms. The molecule has 0 aromatic rings. The smallest absolute Gasteiger partial charge is 0.341 e. The quantitative estimate of drug-likeness (QED) is 0.250. The maximum Gasteiger partial charge on any atom is 0.341 e. The minimum Gasteiger partial charge on any atom is -0.459 e. The molecule has 0 saturated heterocycles. The van der Waals surface area contributed by atoms with E-state index in [1.807, 2.05) is 0 Å². The summed E-state index contributed by atoms with van der Waals surface area (Å²) in [5.74, 6) is -1.17. The molecule has 0 amide bonds. The van der Waals surface area contributed by atoms with Crippen molar-refractivity contribution in [1.82, 2.24) is 0 Å². The Labute approximate surface area is 98.6 Å². The summed E-state index contributed by atoms with van der Waals surface area (Å²) in [5, 5.41) is 46.2. The fraction of sp³-hybridized carbons (Fsp3) is 0.700. The fourth-order valence-corrected chi connectivity index (χ4v) is 1.05. The first-order valence-electron chi connectivity index (χ1n) is 4.94. The van der Waals surface area contributed by atoms with Gasteiger partial charge in [0.2, 0.25) is 0 Å². The summed E-state index contributed by atoms with van der Waals surface area (Å²) >= 11 is 0. The van der Waals surface area contributed by atoms with Crippen LogP contribution < -0.4 is 0 Å². The van der Waals surface area contributed by atoms with E-state index in [-0.39, 0.29) is 6.61 Å². The maximum atomic E-state index is 11.3. The molecule has 100 valence electrons. The molecular weight excluding hydrogens is 232 g/mol. The lowest BCUT2D eigenvalue weighted by atomic mass is 9.92. The summed E-state index contributed by atoms with van der Waals surface area (Å²) in [6, 6.07) is 0. The predicted molar refractivity (Wildman–Crippen MR) is 56.9 cm³/mol. The maximum absolute atomic E-state index is 11.3. The van der Waals surface area contributed by atoms with Gasteiger partial charge >= 0.3 is 5.97 Å². The molecule has 5 N–H and O–H groups in total. The summed E-state index contributed by atoms with van der Waals surface area (Å²) in [6.07, 6.45) is -4.30. The first kappa shape index (κ1) is 16.0. The monoisotopic (exact) mass is 250 g/mol. The van der Waals surface area contributed by atoms with Crippen molar-refractivity contribution in [2.24, 2.45) is 0 Å². The average molecular weight is 250 g/mol. The van der Waals surface area contributed by atoms with Gasteiger partial charge in [-0.2, -0.15) is 0 Å². The molecule has 0 fully saturated rings. The molecule has 0 radical (unpaired) electrons. The first-order valence-corrected chi connectivity index (χ1v) is 4.94. The van der Waals surface area contributed by atoms with Crippen molar-refractivity contribution in [3.05, 3.63) is 12.7 Å². The molecule has 0 unspecified atom stereocenters. The van der Waals surface area contributed by atoms with E-state index in [2.05, 4.69) is 11.3 Å². The molecule has 7 nitrogen and oxygen atoms in total. The van der Waals surface area contributed by atoms with Gasteiger partial charge in [-0.3, -0.25) is 0 Å². The molecule has 0 heterocycles. The first-order chi connectivity index (χ1) is 7.78. The molecule has 0 aromatic heterocycles. The molecule has 0 saturated carbocycles. The lowest BCUT2D eigenvalue weighted by Gasteiger charge is -2.31. The number of ether oxygens (including phenoxy) is 1. The highest BCUT2D eigenvalue weighted by molar-refractivity contribution is 5.79. The van der Waals surface area contributed by atoms with Gasteiger partial charge in [0.05, 0.1) is 6.61 Å². The van der Waals surface area contributed by atoms with Crippen LogP contribution in [-0.2, 0) is 9.53 Å². The Bertz CT molecular complexity index is 263. The van der Waals surface area contributed by atoms with E-state index in [1.54, 1.807) is 0 Å². The SMILES string of the molecule is C=CCOC(=O)[C@](C)(O)[C@@H](O)[C@H](O)[C@H](O)CO. The number of hydrogen-bond donors (Lipinski definition) is 5. The lowest BCUT2D eigenvalue weighted by Crippen LogP contribution is -2.56. The zero-order chi connectivity index (χ0) is 13.6. The second kappa shape index (κ2) is 6.67. The largest absolute Gasteiger partial charge is 0.459 e. The van der Waals surface area contributed by atoms with Crippen LogP contribution in [0.25, 0.3) is 0 Å². The van der Waals surface area contributed by atoms with Crippen LogP contribution in [0, 0.1) is 0 Å². The van der Waals surface area contributed by atoms with Crippen LogP contribution in [0.5, 0.6) is 0 Å². The summed E-state index contributed by atoms with van der Waals surface area (Å²) in [7, 11) is 0. The van der Waals surface area contributed by atoms with E-state index >= 15 is 0 Å². The topological polar surface area (TPSA) is 127 Å². The minimum atomic E-state index is -2.40. The van der Waals surface area contributed by atoms with E-state index in [1.165, 1.54) is 6.08 Å². The van der Waals surface area contributed by atoms with Crippen LogP contribution in [0.1, 0.15) is 6.92 Å². The number of hydrogen-bond acceptors (Lipinski definition) is 7. The van der Waals surface area contributed by atoms with Crippen LogP contribution in [0.4, 0.5) is 0 Å². The van der Waals surface area contributed by atoms with Crippen molar-refractivity contribution in [1.29, 1.82) is 0 Å². The fourth-order valence-electron chi connectivity index (χ4n) is 1.05. The molecule has 4 atom stereocenters. The van der Waals surface area contributed by atoms with Crippen molar-refractivity contribution in [2.45, 2.75) is 30.8 Å². The zero-order valence-corrected chi connectivity index (χ0v) is 9.48. The van der Waals surface area contributed by atoms with Crippen molar-refractivity contribution in [2.75, 3.05) is 13.2 Å². The molecular formula is C10H18O7. The van der Waals surface area contributed by atoms with E-state index in [9.17, 15) is 20.1 Å². The van der Waals surface area contributed by atoms with Gasteiger partial charge in [-0.05, 0) is 6.92 Å². The van der Waals surface area contributed by atoms with Crippen LogP contribution >= 0.6 is 0 Å². The standard InChI is InChI=1S/C10H18O7/c1-3-4-17-9(15)10(2,16)8(14)7(13)6(12)5-11/h3,6-8,11-14,16H,1,4-5H2,2H3/t6-,7-,8+,10-/m1/s1. The Morgan fingerprint density at radius 2 is 2.00 bits per heavy atom. The molecule has 0 aliphatic rings. The summed E-state index contributed by atoms with van der Waals surface area (Å²) in [4.78, 5) is 11.3. The Morgan fingerprint density at radius 3 is 2.41 bits per heavy atom. The van der Waals surface area contributed by atoms with Gasteiger partial charge in [0.25, 0.3) is 0 Å². The third-order valence-electron chi connectivity index (χ3n) is 2.23. The molecule has 17 heavy (non-hydrogen) atoms. The van der Waals surface area contributed by atoms with E-state index < -0.39 is 36.5 Å². The Morgan fingerprint density at radius 1 is 1.47 bits per heavy atom. The highest BCUT2D eigenvalue weighted by Gasteiger charge is 2.45. The molecule has 0 aliphatic heterocycles. The summed E-state index contributed by atoms with van der Waals surface area (Å²) in [6.45, 7) is 3.23. The van der Waals surface area contributed by atoms with Crippen LogP contribution in [-0.4, -0.2) is 68.6 Å². The van der Waals surface area contributed by atoms with Gasteiger partial charge < -0.3 is 30.3 Å². The molecule has 0 bridgehead atoms. The second-order valence-corrected chi connectivity index (χ2v) is 3.72. The number of carbonyl (C=O) groups is 1. The minimum absolute atomic E-state index is 0.166. The highest BCUT2D eigenvalue weighted by Crippen LogP contribution is 2.17. The van der Waals surface area contributed by atoms with Gasteiger partial charge in [0, 0.05) is 0 Å². The highest BCUT2D eigenvalue weighted by atomic mass is 16.6. The Kier molecular flexibility index (Phi) is 6.29. The van der Waals surface area contributed by atoms with E-state index in [0.717, 1.165) is 6.92 Å². The molecule has 0 aromatic carbocycles. The third kappa shape index (κ3) is 4.06. The third-order valence-corrected chi connectivity index (χ3v) is 2.23. The van der Waals surface area contributed by atoms with Gasteiger partial charge in [-0.1, -0.05) is 12.7 Å². The number of rotatable bonds is 7. The van der Waals surface area contributed by atoms with Crippen LogP contribution in [0.3, 0.4) is 0 Å². The van der Waals surface area contributed by atoms with Crippen molar-refractivity contribution < 1.29 is 35.1 Å². The molecule has 7 heteroatoms. The van der Waals surface area contributed by atoms with E-state index in [4.69, 9.17) is 10.2 Å². The Hall–Kier alpha value is -0.990. The Balaban J connectivity index is 4.67. The average Bonchev–Trinajstić information content (AvgIpc) is 2.32. The van der Waals surface area contributed by atoms with Crippen LogP contribution in [0.2, 0.25) is 0 Å². The van der Waals surface area contributed by atoms with Crippen LogP contribution in [0.15, 0.2) is 12.7 Å². The molecule has 0 rings (SSSR count). The lowest BCUT2D eigenvalue weighted by molar-refractivity contribution is -0.191. The van der Waals surface area contributed by atoms with Gasteiger partial charge in [-0.25, -0.2) is 4.79 Å². The normalized spacial score (nSPS) is 19.9. The number of aliphatic hydroxyl groups is 5. The summed E-state index contributed by atoms with van der Waals surface area (Å²) in [5.41, 5.74) is -2.40.